The topological polar surface area (TPSA) is 64.0 Å². The van der Waals surface area contributed by atoms with Crippen LogP contribution in [-0.4, -0.2) is 20.7 Å². The average Bonchev–Trinajstić information content (AvgIpc) is 3.31. The molecule has 156 valence electrons. The van der Waals surface area contributed by atoms with E-state index in [0.717, 1.165) is 31.2 Å². The number of nitrogens with one attached hydrogen (secondary N) is 1. The average molecular weight is 422 g/mol. The molecular formula is C24H27N3O2S. The van der Waals surface area contributed by atoms with Gasteiger partial charge in [0, 0.05) is 12.6 Å². The summed E-state index contributed by atoms with van der Waals surface area (Å²) >= 11 is 1.41. The lowest BCUT2D eigenvalue weighted by atomic mass is 10.2. The highest BCUT2D eigenvalue weighted by Crippen LogP contribution is 2.34. The van der Waals surface area contributed by atoms with Gasteiger partial charge in [-0.05, 0) is 37.0 Å². The van der Waals surface area contributed by atoms with Crippen molar-refractivity contribution in [3.8, 4) is 0 Å². The molecule has 1 fully saturated rings. The Hall–Kier alpha value is -2.60. The van der Waals surface area contributed by atoms with Crippen LogP contribution in [0.25, 0.3) is 10.9 Å². The Morgan fingerprint density at radius 1 is 1.13 bits per heavy atom. The van der Waals surface area contributed by atoms with Gasteiger partial charge in [0.15, 0.2) is 5.16 Å². The van der Waals surface area contributed by atoms with E-state index in [1.807, 2.05) is 66.1 Å². The van der Waals surface area contributed by atoms with Gasteiger partial charge in [-0.25, -0.2) is 4.98 Å². The number of benzene rings is 2. The highest BCUT2D eigenvalue weighted by molar-refractivity contribution is 8.00. The summed E-state index contributed by atoms with van der Waals surface area (Å²) in [5, 5.41) is 4.05. The Morgan fingerprint density at radius 3 is 2.57 bits per heavy atom. The van der Waals surface area contributed by atoms with E-state index < -0.39 is 0 Å². The van der Waals surface area contributed by atoms with E-state index in [2.05, 4.69) is 5.32 Å². The molecule has 3 aromatic rings. The van der Waals surface area contributed by atoms with Crippen LogP contribution in [0.2, 0.25) is 0 Å². The number of carbonyl (C=O) groups is 1. The lowest BCUT2D eigenvalue weighted by molar-refractivity contribution is -0.120. The third-order valence-electron chi connectivity index (χ3n) is 5.69. The quantitative estimate of drug-likeness (QED) is 0.444. The van der Waals surface area contributed by atoms with Crippen molar-refractivity contribution in [2.75, 3.05) is 0 Å². The van der Waals surface area contributed by atoms with E-state index in [1.165, 1.54) is 11.8 Å². The maximum absolute atomic E-state index is 13.3. The summed E-state index contributed by atoms with van der Waals surface area (Å²) in [6, 6.07) is 17.5. The smallest absolute Gasteiger partial charge is 0.262 e. The Kier molecular flexibility index (Phi) is 6.53. The maximum Gasteiger partial charge on any atom is 0.262 e. The number of rotatable bonds is 7. The second-order valence-electron chi connectivity index (χ2n) is 7.74. The zero-order valence-electron chi connectivity index (χ0n) is 17.2. The second kappa shape index (κ2) is 9.47. The van der Waals surface area contributed by atoms with E-state index >= 15 is 0 Å². The van der Waals surface area contributed by atoms with Crippen LogP contribution in [0.4, 0.5) is 0 Å². The Bertz CT molecular complexity index is 1070. The van der Waals surface area contributed by atoms with Gasteiger partial charge in [-0.3, -0.25) is 14.2 Å². The number of para-hydroxylation sites is 1. The van der Waals surface area contributed by atoms with E-state index in [0.29, 0.717) is 29.0 Å². The second-order valence-corrected chi connectivity index (χ2v) is 8.91. The Morgan fingerprint density at radius 2 is 1.83 bits per heavy atom. The molecule has 1 aliphatic rings. The van der Waals surface area contributed by atoms with Gasteiger partial charge in [-0.1, -0.05) is 74.0 Å². The predicted octanol–water partition coefficient (Wildman–Crippen LogP) is 4.70. The summed E-state index contributed by atoms with van der Waals surface area (Å²) in [5.74, 6) is -0.0215. The zero-order valence-corrected chi connectivity index (χ0v) is 18.0. The maximum atomic E-state index is 13.3. The first-order chi connectivity index (χ1) is 14.7. The van der Waals surface area contributed by atoms with E-state index in [-0.39, 0.29) is 22.8 Å². The minimum absolute atomic E-state index is 0.00884. The number of amides is 1. The molecule has 5 nitrogen and oxygen atoms in total. The fourth-order valence-electron chi connectivity index (χ4n) is 4.04. The molecule has 1 unspecified atom stereocenters. The molecule has 0 spiro atoms. The number of hydrogen-bond donors (Lipinski definition) is 1. The van der Waals surface area contributed by atoms with Crippen LogP contribution in [0.5, 0.6) is 0 Å². The number of nitrogens with zero attached hydrogens (tertiary/aromatic N) is 2. The lowest BCUT2D eigenvalue weighted by Gasteiger charge is -2.21. The number of fused-ring (bicyclic) bond motifs is 1. The van der Waals surface area contributed by atoms with Gasteiger partial charge in [0.2, 0.25) is 5.91 Å². The van der Waals surface area contributed by atoms with E-state index in [4.69, 9.17) is 4.98 Å². The molecule has 1 aromatic heterocycles. The van der Waals surface area contributed by atoms with Crippen molar-refractivity contribution >= 4 is 28.6 Å². The van der Waals surface area contributed by atoms with Crippen molar-refractivity contribution in [2.24, 2.45) is 0 Å². The zero-order chi connectivity index (χ0) is 20.9. The standard InChI is InChI=1S/C24H27N3O2S/c1-2-21(22(28)25-16-17-10-4-3-5-11-17)30-24-26-20-15-9-8-14-19(20)23(29)27(24)18-12-6-7-13-18/h3-5,8-11,14-15,18,21H,2,6-7,12-13,16H2,1H3,(H,25,28). The first-order valence-corrected chi connectivity index (χ1v) is 11.5. The van der Waals surface area contributed by atoms with Crippen molar-refractivity contribution in [1.82, 2.24) is 14.9 Å². The SMILES string of the molecule is CCC(Sc1nc2ccccc2c(=O)n1C1CCCC1)C(=O)NCc1ccccc1. The molecule has 1 amide bonds. The number of hydrogen-bond acceptors (Lipinski definition) is 4. The summed E-state index contributed by atoms with van der Waals surface area (Å²) in [5.41, 5.74) is 1.77. The summed E-state index contributed by atoms with van der Waals surface area (Å²) in [6.07, 6.45) is 4.90. The molecule has 0 aliphatic heterocycles. The van der Waals surface area contributed by atoms with Crippen LogP contribution in [-0.2, 0) is 11.3 Å². The van der Waals surface area contributed by atoms with Gasteiger partial charge < -0.3 is 5.32 Å². The van der Waals surface area contributed by atoms with Crippen LogP contribution in [0.15, 0.2) is 64.5 Å². The molecule has 30 heavy (non-hydrogen) atoms. The van der Waals surface area contributed by atoms with Gasteiger partial charge in [0.25, 0.3) is 5.56 Å². The molecule has 0 bridgehead atoms. The third-order valence-corrected chi connectivity index (χ3v) is 7.02. The molecule has 0 radical (unpaired) electrons. The van der Waals surface area contributed by atoms with Crippen LogP contribution >= 0.6 is 11.8 Å². The fraction of sp³-hybridized carbons (Fsp3) is 0.375. The minimum Gasteiger partial charge on any atom is -0.351 e. The van der Waals surface area contributed by atoms with Gasteiger partial charge in [0.1, 0.15) is 0 Å². The molecular weight excluding hydrogens is 394 g/mol. The molecule has 4 rings (SSSR count). The molecule has 1 saturated carbocycles. The molecule has 6 heteroatoms. The van der Waals surface area contributed by atoms with Crippen LogP contribution in [0.1, 0.15) is 50.6 Å². The number of thioether (sulfide) groups is 1. The lowest BCUT2D eigenvalue weighted by Crippen LogP contribution is -2.33. The summed E-state index contributed by atoms with van der Waals surface area (Å²) in [6.45, 7) is 2.50. The normalized spacial score (nSPS) is 15.4. The number of carbonyl (C=O) groups excluding carboxylic acids is 1. The summed E-state index contributed by atoms with van der Waals surface area (Å²) < 4.78 is 1.85. The van der Waals surface area contributed by atoms with Gasteiger partial charge in [0.05, 0.1) is 16.2 Å². The molecule has 0 saturated heterocycles. The van der Waals surface area contributed by atoms with E-state index in [1.54, 1.807) is 0 Å². The molecule has 1 aliphatic carbocycles. The third kappa shape index (κ3) is 4.43. The molecule has 1 atom stereocenters. The molecule has 1 heterocycles. The van der Waals surface area contributed by atoms with E-state index in [9.17, 15) is 9.59 Å². The van der Waals surface area contributed by atoms with Crippen molar-refractivity contribution < 1.29 is 4.79 Å². The van der Waals surface area contributed by atoms with Gasteiger partial charge in [-0.15, -0.1) is 0 Å². The minimum atomic E-state index is -0.297. The summed E-state index contributed by atoms with van der Waals surface area (Å²) in [7, 11) is 0. The Labute approximate surface area is 180 Å². The van der Waals surface area contributed by atoms with Crippen molar-refractivity contribution in [3.05, 3.63) is 70.5 Å². The van der Waals surface area contributed by atoms with Crippen molar-refractivity contribution in [1.29, 1.82) is 0 Å². The van der Waals surface area contributed by atoms with Gasteiger partial charge >= 0.3 is 0 Å². The van der Waals surface area contributed by atoms with Crippen LogP contribution in [0.3, 0.4) is 0 Å². The van der Waals surface area contributed by atoms with Crippen LogP contribution < -0.4 is 10.9 Å². The molecule has 2 aromatic carbocycles. The first kappa shape index (κ1) is 20.7. The number of aromatic nitrogens is 2. The first-order valence-electron chi connectivity index (χ1n) is 10.7. The summed E-state index contributed by atoms with van der Waals surface area (Å²) in [4.78, 5) is 31.0. The molecule has 1 N–H and O–H groups in total. The highest BCUT2D eigenvalue weighted by Gasteiger charge is 2.26. The largest absolute Gasteiger partial charge is 0.351 e. The van der Waals surface area contributed by atoms with Crippen LogP contribution in [0, 0.1) is 0 Å². The van der Waals surface area contributed by atoms with Crippen molar-refractivity contribution in [3.63, 3.8) is 0 Å². The Balaban J connectivity index is 1.61. The highest BCUT2D eigenvalue weighted by atomic mass is 32.2. The van der Waals surface area contributed by atoms with Crippen molar-refractivity contribution in [2.45, 2.75) is 62.0 Å². The monoisotopic (exact) mass is 421 g/mol. The predicted molar refractivity (Wildman–Crippen MR) is 122 cm³/mol. The van der Waals surface area contributed by atoms with Gasteiger partial charge in [-0.2, -0.15) is 0 Å². The fourth-order valence-corrected chi connectivity index (χ4v) is 5.15.